The number of ether oxygens (including phenoxy) is 1. The third-order valence-corrected chi connectivity index (χ3v) is 5.56. The highest BCUT2D eigenvalue weighted by molar-refractivity contribution is 5.67. The molecule has 0 bridgehead atoms. The first kappa shape index (κ1) is 18.2. The van der Waals surface area contributed by atoms with Crippen LogP contribution in [0.5, 0.6) is 0 Å². The normalized spacial score (nSPS) is 25.8. The second-order valence-corrected chi connectivity index (χ2v) is 7.52. The van der Waals surface area contributed by atoms with Crippen molar-refractivity contribution in [3.05, 3.63) is 35.9 Å². The molecule has 0 unspecified atom stereocenters. The zero-order chi connectivity index (χ0) is 17.6. The van der Waals surface area contributed by atoms with Crippen molar-refractivity contribution in [3.8, 4) is 0 Å². The lowest BCUT2D eigenvalue weighted by Crippen LogP contribution is -2.56. The summed E-state index contributed by atoms with van der Waals surface area (Å²) in [5, 5.41) is 3.49. The van der Waals surface area contributed by atoms with E-state index in [9.17, 15) is 4.79 Å². The van der Waals surface area contributed by atoms with E-state index < -0.39 is 0 Å². The number of benzene rings is 1. The van der Waals surface area contributed by atoms with Crippen molar-refractivity contribution >= 4 is 6.09 Å². The number of carbonyl (C=O) groups excluding carboxylic acids is 1. The van der Waals surface area contributed by atoms with Gasteiger partial charge in [-0.3, -0.25) is 4.90 Å². The molecule has 0 aromatic heterocycles. The van der Waals surface area contributed by atoms with Crippen LogP contribution in [0.3, 0.4) is 0 Å². The lowest BCUT2D eigenvalue weighted by atomic mass is 9.94. The van der Waals surface area contributed by atoms with Gasteiger partial charge in [-0.1, -0.05) is 30.3 Å². The Hall–Kier alpha value is -1.59. The molecule has 0 aliphatic carbocycles. The largest absolute Gasteiger partial charge is 0.445 e. The van der Waals surface area contributed by atoms with Gasteiger partial charge >= 0.3 is 6.09 Å². The standard InChI is InChI=1S/C20H31N3O2/c1-16-12-21-13-17(2)23(16)14-18-8-10-22(11-9-18)20(24)25-15-19-6-4-3-5-7-19/h3-7,16-18,21H,8-15H2,1-2H3/t16-,17+. The van der Waals surface area contributed by atoms with Gasteiger partial charge in [0.05, 0.1) is 0 Å². The second kappa shape index (κ2) is 8.68. The molecule has 2 atom stereocenters. The van der Waals surface area contributed by atoms with E-state index in [2.05, 4.69) is 24.1 Å². The highest BCUT2D eigenvalue weighted by atomic mass is 16.6. The molecule has 2 aliphatic rings. The summed E-state index contributed by atoms with van der Waals surface area (Å²) in [5.41, 5.74) is 1.03. The number of rotatable bonds is 4. The average Bonchev–Trinajstić information content (AvgIpc) is 2.64. The average molecular weight is 345 g/mol. The number of nitrogens with one attached hydrogen (secondary N) is 1. The highest BCUT2D eigenvalue weighted by Crippen LogP contribution is 2.22. The van der Waals surface area contributed by atoms with Crippen LogP contribution in [0.4, 0.5) is 4.79 Å². The first-order valence-electron chi connectivity index (χ1n) is 9.55. The molecule has 2 fully saturated rings. The van der Waals surface area contributed by atoms with Crippen molar-refractivity contribution in [1.82, 2.24) is 15.1 Å². The summed E-state index contributed by atoms with van der Waals surface area (Å²) < 4.78 is 5.46. The van der Waals surface area contributed by atoms with E-state index in [1.54, 1.807) is 0 Å². The lowest BCUT2D eigenvalue weighted by molar-refractivity contribution is 0.0588. The van der Waals surface area contributed by atoms with Crippen LogP contribution in [-0.4, -0.2) is 60.7 Å². The zero-order valence-electron chi connectivity index (χ0n) is 15.5. The van der Waals surface area contributed by atoms with Gasteiger partial charge in [-0.05, 0) is 38.2 Å². The number of amides is 1. The van der Waals surface area contributed by atoms with Crippen molar-refractivity contribution in [2.75, 3.05) is 32.7 Å². The van der Waals surface area contributed by atoms with Crippen LogP contribution in [-0.2, 0) is 11.3 Å². The fourth-order valence-electron chi connectivity index (χ4n) is 3.94. The van der Waals surface area contributed by atoms with E-state index in [0.29, 0.717) is 24.6 Å². The number of hydrogen-bond donors (Lipinski definition) is 1. The maximum absolute atomic E-state index is 12.3. The minimum Gasteiger partial charge on any atom is -0.445 e. The Balaban J connectivity index is 1.41. The highest BCUT2D eigenvalue weighted by Gasteiger charge is 2.30. The number of hydrogen-bond acceptors (Lipinski definition) is 4. The van der Waals surface area contributed by atoms with Crippen LogP contribution in [0, 0.1) is 5.92 Å². The summed E-state index contributed by atoms with van der Waals surface area (Å²) in [4.78, 5) is 16.8. The third-order valence-electron chi connectivity index (χ3n) is 5.56. The van der Waals surface area contributed by atoms with E-state index in [-0.39, 0.29) is 6.09 Å². The van der Waals surface area contributed by atoms with Gasteiger partial charge in [-0.2, -0.15) is 0 Å². The van der Waals surface area contributed by atoms with Gasteiger partial charge in [-0.25, -0.2) is 4.79 Å². The monoisotopic (exact) mass is 345 g/mol. The van der Waals surface area contributed by atoms with Crippen molar-refractivity contribution in [2.45, 2.75) is 45.4 Å². The Morgan fingerprint density at radius 3 is 2.40 bits per heavy atom. The maximum Gasteiger partial charge on any atom is 0.410 e. The molecule has 2 aliphatic heterocycles. The summed E-state index contributed by atoms with van der Waals surface area (Å²) in [5.74, 6) is 0.682. The Labute approximate surface area is 151 Å². The summed E-state index contributed by atoms with van der Waals surface area (Å²) in [6.45, 7) is 9.90. The minimum atomic E-state index is -0.175. The van der Waals surface area contributed by atoms with Crippen molar-refractivity contribution < 1.29 is 9.53 Å². The molecule has 0 radical (unpaired) electrons. The SMILES string of the molecule is C[C@@H]1CNC[C@H](C)N1CC1CCN(C(=O)OCc2ccccc2)CC1. The summed E-state index contributed by atoms with van der Waals surface area (Å²) in [7, 11) is 0. The van der Waals surface area contributed by atoms with E-state index in [4.69, 9.17) is 4.74 Å². The Kier molecular flexibility index (Phi) is 6.32. The Morgan fingerprint density at radius 1 is 1.12 bits per heavy atom. The molecule has 0 saturated carbocycles. The number of carbonyl (C=O) groups is 1. The van der Waals surface area contributed by atoms with Gasteiger partial charge in [0.1, 0.15) is 6.61 Å². The first-order chi connectivity index (χ1) is 12.1. The smallest absolute Gasteiger partial charge is 0.410 e. The molecular weight excluding hydrogens is 314 g/mol. The van der Waals surface area contributed by atoms with Crippen LogP contribution >= 0.6 is 0 Å². The van der Waals surface area contributed by atoms with Crippen LogP contribution in [0.25, 0.3) is 0 Å². The van der Waals surface area contributed by atoms with Gasteiger partial charge in [0, 0.05) is 44.8 Å². The number of likely N-dealkylation sites (tertiary alicyclic amines) is 1. The van der Waals surface area contributed by atoms with Gasteiger partial charge in [0.25, 0.3) is 0 Å². The van der Waals surface area contributed by atoms with Crippen molar-refractivity contribution in [1.29, 1.82) is 0 Å². The molecule has 0 spiro atoms. The molecule has 1 aromatic carbocycles. The first-order valence-corrected chi connectivity index (χ1v) is 9.55. The molecular formula is C20H31N3O2. The van der Waals surface area contributed by atoms with Gasteiger partial charge in [0.15, 0.2) is 0 Å². The molecule has 1 aromatic rings. The number of piperazine rings is 1. The molecule has 25 heavy (non-hydrogen) atoms. The van der Waals surface area contributed by atoms with Crippen molar-refractivity contribution in [2.24, 2.45) is 5.92 Å². The molecule has 1 N–H and O–H groups in total. The third kappa shape index (κ3) is 4.95. The Bertz CT molecular complexity index is 533. The van der Waals surface area contributed by atoms with Crippen LogP contribution in [0.2, 0.25) is 0 Å². The molecule has 1 amide bonds. The van der Waals surface area contributed by atoms with E-state index in [1.165, 1.54) is 0 Å². The molecule has 2 heterocycles. The van der Waals surface area contributed by atoms with E-state index in [0.717, 1.165) is 51.1 Å². The van der Waals surface area contributed by atoms with E-state index in [1.807, 2.05) is 35.2 Å². The van der Waals surface area contributed by atoms with Gasteiger partial charge in [0.2, 0.25) is 0 Å². The fraction of sp³-hybridized carbons (Fsp3) is 0.650. The summed E-state index contributed by atoms with van der Waals surface area (Å²) in [6.07, 6.45) is 1.97. The van der Waals surface area contributed by atoms with Gasteiger partial charge < -0.3 is 15.0 Å². The predicted octanol–water partition coefficient (Wildman–Crippen LogP) is 2.72. The van der Waals surface area contributed by atoms with Crippen molar-refractivity contribution in [3.63, 3.8) is 0 Å². The topological polar surface area (TPSA) is 44.8 Å². The lowest BCUT2D eigenvalue weighted by Gasteiger charge is -2.42. The maximum atomic E-state index is 12.3. The number of piperidine rings is 1. The molecule has 5 nitrogen and oxygen atoms in total. The molecule has 5 heteroatoms. The summed E-state index contributed by atoms with van der Waals surface area (Å²) in [6, 6.07) is 11.1. The number of nitrogens with zero attached hydrogens (tertiary/aromatic N) is 2. The van der Waals surface area contributed by atoms with E-state index >= 15 is 0 Å². The fourth-order valence-corrected chi connectivity index (χ4v) is 3.94. The predicted molar refractivity (Wildman–Crippen MR) is 99.4 cm³/mol. The van der Waals surface area contributed by atoms with Crippen LogP contribution < -0.4 is 5.32 Å². The summed E-state index contributed by atoms with van der Waals surface area (Å²) >= 11 is 0. The molecule has 138 valence electrons. The molecule has 3 rings (SSSR count). The van der Waals surface area contributed by atoms with Gasteiger partial charge in [-0.15, -0.1) is 0 Å². The van der Waals surface area contributed by atoms with Crippen LogP contribution in [0.1, 0.15) is 32.3 Å². The van der Waals surface area contributed by atoms with Crippen LogP contribution in [0.15, 0.2) is 30.3 Å². The zero-order valence-corrected chi connectivity index (χ0v) is 15.5. The second-order valence-electron chi connectivity index (χ2n) is 7.52. The Morgan fingerprint density at radius 2 is 1.76 bits per heavy atom. The minimum absolute atomic E-state index is 0.175. The quantitative estimate of drug-likeness (QED) is 0.911. The molecule has 2 saturated heterocycles.